The molecular weight excluding hydrogens is 230 g/mol. The van der Waals surface area contributed by atoms with Gasteiger partial charge in [-0.2, -0.15) is 0 Å². The van der Waals surface area contributed by atoms with E-state index < -0.39 is 0 Å². The molecule has 0 atom stereocenters. The van der Waals surface area contributed by atoms with Gasteiger partial charge in [-0.3, -0.25) is 4.79 Å². The third-order valence-electron chi connectivity index (χ3n) is 2.62. The zero-order valence-electron chi connectivity index (χ0n) is 9.93. The Morgan fingerprint density at radius 2 is 2.06 bits per heavy atom. The Balaban J connectivity index is 1.77. The SMILES string of the molecule is O=C(Cc1ccccc1O)NCCc1ccco1. The molecule has 4 heteroatoms. The summed E-state index contributed by atoms with van der Waals surface area (Å²) in [6.45, 7) is 0.528. The van der Waals surface area contributed by atoms with Crippen molar-refractivity contribution in [2.75, 3.05) is 6.54 Å². The van der Waals surface area contributed by atoms with Crippen LogP contribution in [0.2, 0.25) is 0 Å². The summed E-state index contributed by atoms with van der Waals surface area (Å²) in [4.78, 5) is 11.6. The summed E-state index contributed by atoms with van der Waals surface area (Å²) < 4.78 is 5.16. The fraction of sp³-hybridized carbons (Fsp3) is 0.214. The highest BCUT2D eigenvalue weighted by Crippen LogP contribution is 2.15. The minimum atomic E-state index is -0.108. The predicted molar refractivity (Wildman–Crippen MR) is 67.2 cm³/mol. The Morgan fingerprint density at radius 1 is 1.22 bits per heavy atom. The fourth-order valence-electron chi connectivity index (χ4n) is 1.68. The molecule has 0 aliphatic rings. The Hall–Kier alpha value is -2.23. The van der Waals surface area contributed by atoms with Gasteiger partial charge < -0.3 is 14.8 Å². The van der Waals surface area contributed by atoms with Crippen LogP contribution in [0.3, 0.4) is 0 Å². The molecule has 1 heterocycles. The van der Waals surface area contributed by atoms with Crippen LogP contribution < -0.4 is 5.32 Å². The molecule has 1 aromatic carbocycles. The molecule has 94 valence electrons. The molecule has 2 N–H and O–H groups in total. The monoisotopic (exact) mass is 245 g/mol. The first-order valence-electron chi connectivity index (χ1n) is 5.81. The van der Waals surface area contributed by atoms with Gasteiger partial charge >= 0.3 is 0 Å². The number of phenols is 1. The number of amides is 1. The number of rotatable bonds is 5. The predicted octanol–water partition coefficient (Wildman–Crippen LogP) is 1.89. The second-order valence-corrected chi connectivity index (χ2v) is 3.98. The van der Waals surface area contributed by atoms with Gasteiger partial charge in [0.1, 0.15) is 11.5 Å². The van der Waals surface area contributed by atoms with E-state index in [1.807, 2.05) is 12.1 Å². The fourth-order valence-corrected chi connectivity index (χ4v) is 1.68. The molecule has 0 saturated carbocycles. The van der Waals surface area contributed by atoms with Crippen LogP contribution in [0.4, 0.5) is 0 Å². The zero-order valence-corrected chi connectivity index (χ0v) is 9.93. The number of carbonyl (C=O) groups is 1. The van der Waals surface area contributed by atoms with Crippen LogP contribution in [0.1, 0.15) is 11.3 Å². The van der Waals surface area contributed by atoms with Crippen molar-refractivity contribution < 1.29 is 14.3 Å². The van der Waals surface area contributed by atoms with Crippen molar-refractivity contribution in [1.29, 1.82) is 0 Å². The number of hydrogen-bond acceptors (Lipinski definition) is 3. The Bertz CT molecular complexity index is 506. The molecule has 0 saturated heterocycles. The van der Waals surface area contributed by atoms with Crippen LogP contribution >= 0.6 is 0 Å². The quantitative estimate of drug-likeness (QED) is 0.845. The highest BCUT2D eigenvalue weighted by Gasteiger charge is 2.06. The molecule has 0 bridgehead atoms. The van der Waals surface area contributed by atoms with E-state index in [1.165, 1.54) is 0 Å². The van der Waals surface area contributed by atoms with E-state index in [9.17, 15) is 9.90 Å². The van der Waals surface area contributed by atoms with Crippen molar-refractivity contribution in [3.05, 3.63) is 54.0 Å². The molecule has 0 fully saturated rings. The maximum Gasteiger partial charge on any atom is 0.224 e. The van der Waals surface area contributed by atoms with Gasteiger partial charge in [-0.1, -0.05) is 18.2 Å². The molecule has 1 aromatic heterocycles. The van der Waals surface area contributed by atoms with Crippen molar-refractivity contribution in [2.24, 2.45) is 0 Å². The van der Waals surface area contributed by atoms with Crippen LogP contribution in [-0.2, 0) is 17.6 Å². The first-order valence-corrected chi connectivity index (χ1v) is 5.81. The molecule has 0 aliphatic heterocycles. The molecule has 0 radical (unpaired) electrons. The summed E-state index contributed by atoms with van der Waals surface area (Å²) in [5.41, 5.74) is 0.632. The molecule has 0 aliphatic carbocycles. The second kappa shape index (κ2) is 5.91. The number of furan rings is 1. The number of para-hydroxylation sites is 1. The van der Waals surface area contributed by atoms with E-state index in [4.69, 9.17) is 4.42 Å². The van der Waals surface area contributed by atoms with Crippen molar-refractivity contribution in [1.82, 2.24) is 5.32 Å². The molecule has 18 heavy (non-hydrogen) atoms. The molecule has 2 rings (SSSR count). The van der Waals surface area contributed by atoms with Crippen LogP contribution in [0.5, 0.6) is 5.75 Å². The number of carbonyl (C=O) groups excluding carboxylic acids is 1. The van der Waals surface area contributed by atoms with Crippen LogP contribution in [0, 0.1) is 0 Å². The summed E-state index contributed by atoms with van der Waals surface area (Å²) >= 11 is 0. The number of phenolic OH excluding ortho intramolecular Hbond substituents is 1. The van der Waals surface area contributed by atoms with E-state index in [1.54, 1.807) is 30.5 Å². The van der Waals surface area contributed by atoms with Gasteiger partial charge in [-0.05, 0) is 18.2 Å². The summed E-state index contributed by atoms with van der Waals surface area (Å²) in [6.07, 6.45) is 2.46. The normalized spacial score (nSPS) is 10.2. The van der Waals surface area contributed by atoms with Crippen molar-refractivity contribution in [3.63, 3.8) is 0 Å². The third kappa shape index (κ3) is 3.38. The Morgan fingerprint density at radius 3 is 2.78 bits per heavy atom. The smallest absolute Gasteiger partial charge is 0.224 e. The van der Waals surface area contributed by atoms with Crippen molar-refractivity contribution >= 4 is 5.91 Å². The maximum absolute atomic E-state index is 11.6. The van der Waals surface area contributed by atoms with E-state index in [-0.39, 0.29) is 18.1 Å². The second-order valence-electron chi connectivity index (χ2n) is 3.98. The van der Waals surface area contributed by atoms with E-state index >= 15 is 0 Å². The number of nitrogens with one attached hydrogen (secondary N) is 1. The molecule has 0 spiro atoms. The number of aromatic hydroxyl groups is 1. The lowest BCUT2D eigenvalue weighted by molar-refractivity contribution is -0.120. The van der Waals surface area contributed by atoms with Crippen LogP contribution in [0.15, 0.2) is 47.1 Å². The summed E-state index contributed by atoms with van der Waals surface area (Å²) in [6, 6.07) is 10.5. The van der Waals surface area contributed by atoms with Gasteiger partial charge in [0.2, 0.25) is 5.91 Å². The van der Waals surface area contributed by atoms with Crippen LogP contribution in [0.25, 0.3) is 0 Å². The summed E-state index contributed by atoms with van der Waals surface area (Å²) in [7, 11) is 0. The maximum atomic E-state index is 11.6. The highest BCUT2D eigenvalue weighted by molar-refractivity contribution is 5.79. The number of benzene rings is 1. The molecular formula is C14H15NO3. The lowest BCUT2D eigenvalue weighted by Crippen LogP contribution is -2.27. The van der Waals surface area contributed by atoms with Gasteiger partial charge in [0.25, 0.3) is 0 Å². The average Bonchev–Trinajstić information content (AvgIpc) is 2.85. The van der Waals surface area contributed by atoms with Crippen molar-refractivity contribution in [2.45, 2.75) is 12.8 Å². The van der Waals surface area contributed by atoms with E-state index in [2.05, 4.69) is 5.32 Å². The minimum absolute atomic E-state index is 0.108. The molecule has 4 nitrogen and oxygen atoms in total. The molecule has 2 aromatic rings. The van der Waals surface area contributed by atoms with Gasteiger partial charge in [-0.25, -0.2) is 0 Å². The summed E-state index contributed by atoms with van der Waals surface area (Å²) in [5.74, 6) is 0.889. The Kier molecular flexibility index (Phi) is 4.02. The summed E-state index contributed by atoms with van der Waals surface area (Å²) in [5, 5.41) is 12.3. The minimum Gasteiger partial charge on any atom is -0.508 e. The zero-order chi connectivity index (χ0) is 12.8. The van der Waals surface area contributed by atoms with Gasteiger partial charge in [0.05, 0.1) is 12.7 Å². The van der Waals surface area contributed by atoms with Gasteiger partial charge in [0, 0.05) is 18.5 Å². The molecule has 1 amide bonds. The van der Waals surface area contributed by atoms with Crippen LogP contribution in [-0.4, -0.2) is 17.6 Å². The van der Waals surface area contributed by atoms with Gasteiger partial charge in [0.15, 0.2) is 0 Å². The van der Waals surface area contributed by atoms with E-state index in [0.717, 1.165) is 5.76 Å². The van der Waals surface area contributed by atoms with Gasteiger partial charge in [-0.15, -0.1) is 0 Å². The topological polar surface area (TPSA) is 62.5 Å². The standard InChI is InChI=1S/C14H15NO3/c16-13-6-2-1-4-11(13)10-14(17)15-8-7-12-5-3-9-18-12/h1-6,9,16H,7-8,10H2,(H,15,17). The lowest BCUT2D eigenvalue weighted by atomic mass is 10.1. The highest BCUT2D eigenvalue weighted by atomic mass is 16.3. The first-order chi connectivity index (χ1) is 8.75. The third-order valence-corrected chi connectivity index (χ3v) is 2.62. The average molecular weight is 245 g/mol. The Labute approximate surface area is 105 Å². The largest absolute Gasteiger partial charge is 0.508 e. The lowest BCUT2D eigenvalue weighted by Gasteiger charge is -2.05. The van der Waals surface area contributed by atoms with Crippen molar-refractivity contribution in [3.8, 4) is 5.75 Å². The molecule has 0 unspecified atom stereocenters. The number of hydrogen-bond donors (Lipinski definition) is 2. The first kappa shape index (κ1) is 12.2. The van der Waals surface area contributed by atoms with E-state index in [0.29, 0.717) is 18.5 Å².